The van der Waals surface area contributed by atoms with Gasteiger partial charge in [0, 0.05) is 11.1 Å². The summed E-state index contributed by atoms with van der Waals surface area (Å²) in [7, 11) is 0. The highest BCUT2D eigenvalue weighted by Gasteiger charge is 2.30. The van der Waals surface area contributed by atoms with Crippen molar-refractivity contribution in [1.29, 1.82) is 0 Å². The number of halogens is 4. The summed E-state index contributed by atoms with van der Waals surface area (Å²) >= 11 is 0. The van der Waals surface area contributed by atoms with E-state index >= 15 is 8.78 Å². The summed E-state index contributed by atoms with van der Waals surface area (Å²) in [5, 5.41) is 0. The lowest BCUT2D eigenvalue weighted by molar-refractivity contribution is 0.283. The molecule has 2 nitrogen and oxygen atoms in total. The van der Waals surface area contributed by atoms with Crippen molar-refractivity contribution in [2.75, 3.05) is 6.61 Å². The minimum Gasteiger partial charge on any atom is -0.486 e. The van der Waals surface area contributed by atoms with Crippen LogP contribution in [0.2, 0.25) is 0 Å². The summed E-state index contributed by atoms with van der Waals surface area (Å²) in [5.74, 6) is -3.26. The van der Waals surface area contributed by atoms with Crippen molar-refractivity contribution in [2.24, 2.45) is 5.92 Å². The largest absolute Gasteiger partial charge is 0.486 e. The molecule has 36 heavy (non-hydrogen) atoms. The van der Waals surface area contributed by atoms with Crippen LogP contribution in [0.4, 0.5) is 17.6 Å². The van der Waals surface area contributed by atoms with E-state index in [1.54, 1.807) is 36.4 Å². The molecule has 0 amide bonds. The lowest BCUT2D eigenvalue weighted by Gasteiger charge is -2.27. The van der Waals surface area contributed by atoms with Crippen LogP contribution in [0.1, 0.15) is 61.3 Å². The van der Waals surface area contributed by atoms with Crippen LogP contribution in [0.5, 0.6) is 5.75 Å². The van der Waals surface area contributed by atoms with Crippen LogP contribution in [-0.2, 0) is 11.3 Å². The SMILES string of the molecule is C/C=C/C1CCC(c2ccc(-c3ccc(COc4ccc(C5CO5)c(F)c4F)cc3)c(F)c2F)CC1. The van der Waals surface area contributed by atoms with Crippen LogP contribution < -0.4 is 4.74 Å². The van der Waals surface area contributed by atoms with Gasteiger partial charge in [0.15, 0.2) is 23.2 Å². The number of benzene rings is 3. The Morgan fingerprint density at radius 3 is 2.14 bits per heavy atom. The van der Waals surface area contributed by atoms with Crippen LogP contribution in [0.3, 0.4) is 0 Å². The zero-order valence-corrected chi connectivity index (χ0v) is 20.1. The average Bonchev–Trinajstić information content (AvgIpc) is 3.73. The van der Waals surface area contributed by atoms with Crippen LogP contribution >= 0.6 is 0 Å². The zero-order valence-electron chi connectivity index (χ0n) is 20.1. The van der Waals surface area contributed by atoms with E-state index in [-0.39, 0.29) is 29.4 Å². The molecule has 1 unspecified atom stereocenters. The summed E-state index contributed by atoms with van der Waals surface area (Å²) in [6.45, 7) is 2.39. The van der Waals surface area contributed by atoms with E-state index < -0.39 is 29.4 Å². The molecule has 1 atom stereocenters. The maximum Gasteiger partial charge on any atom is 0.201 e. The van der Waals surface area contributed by atoms with Crippen molar-refractivity contribution in [2.45, 2.75) is 51.2 Å². The summed E-state index contributed by atoms with van der Waals surface area (Å²) in [5.41, 5.74) is 2.05. The van der Waals surface area contributed by atoms with Crippen molar-refractivity contribution in [1.82, 2.24) is 0 Å². The number of allylic oxidation sites excluding steroid dienone is 2. The van der Waals surface area contributed by atoms with Gasteiger partial charge in [0.25, 0.3) is 0 Å². The third-order valence-corrected chi connectivity index (χ3v) is 7.20. The van der Waals surface area contributed by atoms with Crippen molar-refractivity contribution >= 4 is 0 Å². The highest BCUT2D eigenvalue weighted by atomic mass is 19.2. The van der Waals surface area contributed by atoms with Gasteiger partial charge in [-0.2, -0.15) is 4.39 Å². The molecular formula is C30H28F4O2. The van der Waals surface area contributed by atoms with Gasteiger partial charge in [-0.15, -0.1) is 0 Å². The first kappa shape index (κ1) is 24.6. The average molecular weight is 497 g/mol. The van der Waals surface area contributed by atoms with E-state index in [0.717, 1.165) is 25.7 Å². The molecule has 0 N–H and O–H groups in total. The third kappa shape index (κ3) is 5.05. The standard InChI is InChI=1S/C30H28F4O2/c1-2-3-18-4-8-20(9-5-18)22-12-13-23(28(32)27(22)31)21-10-6-19(7-11-21)16-35-25-15-14-24(26-17-36-26)29(33)30(25)34/h2-3,6-7,10-15,18,20,26H,4-5,8-9,16-17H2,1H3/b3-2+. The Morgan fingerprint density at radius 1 is 0.806 bits per heavy atom. The normalized spacial score (nSPS) is 21.6. The predicted molar refractivity (Wildman–Crippen MR) is 131 cm³/mol. The number of hydrogen-bond donors (Lipinski definition) is 0. The Balaban J connectivity index is 1.26. The first-order chi connectivity index (χ1) is 17.5. The van der Waals surface area contributed by atoms with E-state index in [0.29, 0.717) is 29.2 Å². The van der Waals surface area contributed by atoms with Crippen LogP contribution in [0.25, 0.3) is 11.1 Å². The van der Waals surface area contributed by atoms with Crippen LogP contribution in [-0.4, -0.2) is 6.61 Å². The fraction of sp³-hybridized carbons (Fsp3) is 0.333. The summed E-state index contributed by atoms with van der Waals surface area (Å²) < 4.78 is 69.0. The van der Waals surface area contributed by atoms with E-state index in [9.17, 15) is 8.78 Å². The van der Waals surface area contributed by atoms with Crippen LogP contribution in [0, 0.1) is 29.2 Å². The molecule has 3 aromatic carbocycles. The predicted octanol–water partition coefficient (Wildman–Crippen LogP) is 8.41. The Morgan fingerprint density at radius 2 is 1.47 bits per heavy atom. The zero-order chi connectivity index (χ0) is 25.2. The second-order valence-electron chi connectivity index (χ2n) is 9.56. The molecule has 1 aliphatic heterocycles. The molecule has 6 heteroatoms. The first-order valence-electron chi connectivity index (χ1n) is 12.4. The van der Waals surface area contributed by atoms with Crippen molar-refractivity contribution in [3.63, 3.8) is 0 Å². The molecule has 0 bridgehead atoms. The highest BCUT2D eigenvalue weighted by molar-refractivity contribution is 5.65. The van der Waals surface area contributed by atoms with Gasteiger partial charge < -0.3 is 9.47 Å². The van der Waals surface area contributed by atoms with E-state index in [2.05, 4.69) is 12.2 Å². The Bertz CT molecular complexity index is 1260. The van der Waals surface area contributed by atoms with Gasteiger partial charge in [0.2, 0.25) is 5.82 Å². The lowest BCUT2D eigenvalue weighted by atomic mass is 9.78. The molecule has 2 aliphatic rings. The molecule has 0 radical (unpaired) electrons. The second kappa shape index (κ2) is 10.5. The van der Waals surface area contributed by atoms with Crippen molar-refractivity contribution < 1.29 is 27.0 Å². The van der Waals surface area contributed by atoms with Gasteiger partial charge in [-0.25, -0.2) is 13.2 Å². The Labute approximate surface area is 208 Å². The molecule has 1 saturated carbocycles. The minimum atomic E-state index is -1.05. The van der Waals surface area contributed by atoms with Crippen molar-refractivity contribution in [3.8, 4) is 16.9 Å². The number of epoxide rings is 1. The topological polar surface area (TPSA) is 21.8 Å². The molecule has 1 aliphatic carbocycles. The molecule has 0 aromatic heterocycles. The molecule has 1 heterocycles. The van der Waals surface area contributed by atoms with Crippen molar-refractivity contribution in [3.05, 3.63) is 101 Å². The summed E-state index contributed by atoms with van der Waals surface area (Å²) in [6.07, 6.45) is 7.52. The lowest BCUT2D eigenvalue weighted by Crippen LogP contribution is -2.13. The molecule has 188 valence electrons. The van der Waals surface area contributed by atoms with Gasteiger partial charge in [-0.3, -0.25) is 0 Å². The quantitative estimate of drug-likeness (QED) is 0.186. The monoisotopic (exact) mass is 496 g/mol. The van der Waals surface area contributed by atoms with Gasteiger partial charge in [-0.05, 0) is 73.3 Å². The fourth-order valence-electron chi connectivity index (χ4n) is 5.07. The van der Waals surface area contributed by atoms with E-state index in [1.807, 2.05) is 6.92 Å². The summed E-state index contributed by atoms with van der Waals surface area (Å²) in [4.78, 5) is 0. The molecule has 3 aromatic rings. The first-order valence-corrected chi connectivity index (χ1v) is 12.4. The number of ether oxygens (including phenoxy) is 2. The summed E-state index contributed by atoms with van der Waals surface area (Å²) in [6, 6.07) is 12.9. The van der Waals surface area contributed by atoms with Gasteiger partial charge in [0.05, 0.1) is 6.61 Å². The number of rotatable bonds is 7. The molecule has 2 fully saturated rings. The molecule has 5 rings (SSSR count). The van der Waals surface area contributed by atoms with Gasteiger partial charge in [0.1, 0.15) is 12.7 Å². The maximum atomic E-state index is 15.0. The third-order valence-electron chi connectivity index (χ3n) is 7.20. The minimum absolute atomic E-state index is 0.00158. The van der Waals surface area contributed by atoms with Gasteiger partial charge in [-0.1, -0.05) is 48.6 Å². The molecule has 0 spiro atoms. The molecule has 1 saturated heterocycles. The van der Waals surface area contributed by atoms with E-state index in [4.69, 9.17) is 9.47 Å². The Kier molecular flexibility index (Phi) is 7.15. The Hall–Kier alpha value is -3.12. The van der Waals surface area contributed by atoms with Crippen LogP contribution in [0.15, 0.2) is 60.7 Å². The smallest absolute Gasteiger partial charge is 0.201 e. The molecular weight excluding hydrogens is 468 g/mol. The maximum absolute atomic E-state index is 15.0. The second-order valence-corrected chi connectivity index (χ2v) is 9.56. The highest BCUT2D eigenvalue weighted by Crippen LogP contribution is 2.39. The van der Waals surface area contributed by atoms with E-state index in [1.165, 1.54) is 12.1 Å². The fourth-order valence-corrected chi connectivity index (χ4v) is 5.07. The number of hydrogen-bond acceptors (Lipinski definition) is 2. The van der Waals surface area contributed by atoms with Gasteiger partial charge >= 0.3 is 0 Å².